The number of para-hydroxylation sites is 1. The van der Waals surface area contributed by atoms with Crippen LogP contribution < -0.4 is 5.32 Å². The van der Waals surface area contributed by atoms with Crippen molar-refractivity contribution in [1.29, 1.82) is 0 Å². The first kappa shape index (κ1) is 7.82. The fourth-order valence-electron chi connectivity index (χ4n) is 1.39. The van der Waals surface area contributed by atoms with Crippen molar-refractivity contribution < 1.29 is 0 Å². The van der Waals surface area contributed by atoms with Crippen LogP contribution in [0.3, 0.4) is 0 Å². The Kier molecular flexibility index (Phi) is 1.67. The van der Waals surface area contributed by atoms with Crippen LogP contribution in [0.4, 0.5) is 11.4 Å². The molecule has 3 rings (SSSR count). The van der Waals surface area contributed by atoms with Crippen molar-refractivity contribution in [1.82, 2.24) is 9.97 Å². The number of nitrogens with one attached hydrogen (secondary N) is 1. The van der Waals surface area contributed by atoms with E-state index in [1.807, 2.05) is 12.1 Å². The average Bonchev–Trinajstić information content (AvgIpc) is 2.26. The molecule has 0 saturated carbocycles. The standard InChI is InChI=1S/C10H7N3S/c1-2-4-9-7(3-1)13-8-5-11-6-12-10(8)14-9/h1-6,13H. The minimum Gasteiger partial charge on any atom is -0.351 e. The van der Waals surface area contributed by atoms with E-state index in [-0.39, 0.29) is 0 Å². The van der Waals surface area contributed by atoms with Crippen molar-refractivity contribution in [2.75, 3.05) is 5.32 Å². The molecule has 1 N–H and O–H groups in total. The Hall–Kier alpha value is -1.55. The highest BCUT2D eigenvalue weighted by molar-refractivity contribution is 7.99. The number of hydrogen-bond acceptors (Lipinski definition) is 4. The van der Waals surface area contributed by atoms with Crippen LogP contribution in [0, 0.1) is 0 Å². The Morgan fingerprint density at radius 3 is 3.07 bits per heavy atom. The zero-order valence-corrected chi connectivity index (χ0v) is 8.08. The van der Waals surface area contributed by atoms with Crippen molar-refractivity contribution in [2.45, 2.75) is 9.92 Å². The molecule has 0 atom stereocenters. The topological polar surface area (TPSA) is 37.8 Å². The van der Waals surface area contributed by atoms with Crippen LogP contribution in [0.2, 0.25) is 0 Å². The number of fused-ring (bicyclic) bond motifs is 2. The second-order valence-electron chi connectivity index (χ2n) is 2.96. The molecule has 0 radical (unpaired) electrons. The van der Waals surface area contributed by atoms with Gasteiger partial charge in [-0.1, -0.05) is 23.9 Å². The van der Waals surface area contributed by atoms with E-state index in [4.69, 9.17) is 0 Å². The van der Waals surface area contributed by atoms with Crippen molar-refractivity contribution in [3.63, 3.8) is 0 Å². The first-order chi connectivity index (χ1) is 6.93. The van der Waals surface area contributed by atoms with E-state index in [9.17, 15) is 0 Å². The quantitative estimate of drug-likeness (QED) is 0.567. The minimum absolute atomic E-state index is 0.983. The van der Waals surface area contributed by atoms with Gasteiger partial charge in [0.15, 0.2) is 0 Å². The summed E-state index contributed by atoms with van der Waals surface area (Å²) in [5.41, 5.74) is 2.11. The van der Waals surface area contributed by atoms with Crippen molar-refractivity contribution in [3.8, 4) is 0 Å². The Labute approximate surface area is 85.6 Å². The zero-order valence-electron chi connectivity index (χ0n) is 7.27. The molecule has 2 heterocycles. The monoisotopic (exact) mass is 201 g/mol. The summed E-state index contributed by atoms with van der Waals surface area (Å²) in [6.45, 7) is 0. The number of benzene rings is 1. The molecule has 3 nitrogen and oxygen atoms in total. The summed E-state index contributed by atoms with van der Waals surface area (Å²) in [6, 6.07) is 8.18. The van der Waals surface area contributed by atoms with E-state index in [0.717, 1.165) is 16.4 Å². The van der Waals surface area contributed by atoms with Crippen LogP contribution >= 0.6 is 11.8 Å². The molecular weight excluding hydrogens is 194 g/mol. The molecule has 1 aliphatic rings. The zero-order chi connectivity index (χ0) is 9.38. The van der Waals surface area contributed by atoms with Crippen LogP contribution in [-0.4, -0.2) is 9.97 Å². The second kappa shape index (κ2) is 2.99. The third-order valence-corrected chi connectivity index (χ3v) is 3.13. The second-order valence-corrected chi connectivity index (χ2v) is 4.00. The van der Waals surface area contributed by atoms with E-state index in [2.05, 4.69) is 27.4 Å². The predicted molar refractivity (Wildman–Crippen MR) is 55.9 cm³/mol. The molecule has 1 aliphatic heterocycles. The van der Waals surface area contributed by atoms with Gasteiger partial charge < -0.3 is 5.32 Å². The Morgan fingerprint density at radius 2 is 2.07 bits per heavy atom. The molecule has 68 valence electrons. The van der Waals surface area contributed by atoms with Crippen LogP contribution in [0.5, 0.6) is 0 Å². The molecule has 0 bridgehead atoms. The van der Waals surface area contributed by atoms with Gasteiger partial charge in [-0.2, -0.15) is 0 Å². The van der Waals surface area contributed by atoms with Gasteiger partial charge in [-0.25, -0.2) is 9.97 Å². The summed E-state index contributed by atoms with van der Waals surface area (Å²) in [5, 5.41) is 4.28. The molecule has 0 aliphatic carbocycles. The third kappa shape index (κ3) is 1.15. The highest BCUT2D eigenvalue weighted by atomic mass is 32.2. The summed E-state index contributed by atoms with van der Waals surface area (Å²) in [6.07, 6.45) is 3.37. The van der Waals surface area contributed by atoms with E-state index >= 15 is 0 Å². The maximum atomic E-state index is 4.21. The van der Waals surface area contributed by atoms with Gasteiger partial charge in [0.2, 0.25) is 0 Å². The Balaban J connectivity index is 2.12. The fourth-order valence-corrected chi connectivity index (χ4v) is 2.29. The number of rotatable bonds is 0. The number of anilines is 2. The smallest absolute Gasteiger partial charge is 0.128 e. The molecule has 0 saturated heterocycles. The normalized spacial score (nSPS) is 12.6. The van der Waals surface area contributed by atoms with E-state index < -0.39 is 0 Å². The summed E-state index contributed by atoms with van der Waals surface area (Å²) in [7, 11) is 0. The highest BCUT2D eigenvalue weighted by Crippen LogP contribution is 2.41. The van der Waals surface area contributed by atoms with E-state index in [1.165, 1.54) is 4.90 Å². The third-order valence-electron chi connectivity index (χ3n) is 2.04. The summed E-state index contributed by atoms with van der Waals surface area (Å²) in [4.78, 5) is 9.40. The van der Waals surface area contributed by atoms with E-state index in [1.54, 1.807) is 24.3 Å². The summed E-state index contributed by atoms with van der Waals surface area (Å²) >= 11 is 1.67. The summed E-state index contributed by atoms with van der Waals surface area (Å²) < 4.78 is 0. The van der Waals surface area contributed by atoms with Crippen molar-refractivity contribution in [2.24, 2.45) is 0 Å². The Bertz CT molecular complexity index is 397. The molecule has 0 unspecified atom stereocenters. The van der Waals surface area contributed by atoms with Gasteiger partial charge >= 0.3 is 0 Å². The largest absolute Gasteiger partial charge is 0.351 e. The molecule has 1 aromatic heterocycles. The molecule has 1 aromatic carbocycles. The van der Waals surface area contributed by atoms with Gasteiger partial charge in [-0.05, 0) is 12.1 Å². The lowest BCUT2D eigenvalue weighted by Crippen LogP contribution is -2.01. The molecule has 0 spiro atoms. The summed E-state index contributed by atoms with van der Waals surface area (Å²) in [5.74, 6) is 0. The number of nitrogens with zero attached hydrogens (tertiary/aromatic N) is 2. The van der Waals surface area contributed by atoms with Crippen LogP contribution in [0.25, 0.3) is 0 Å². The maximum Gasteiger partial charge on any atom is 0.128 e. The maximum absolute atomic E-state index is 4.21. The molecule has 0 fully saturated rings. The van der Waals surface area contributed by atoms with Crippen LogP contribution in [-0.2, 0) is 0 Å². The molecular formula is C10H7N3S. The lowest BCUT2D eigenvalue weighted by atomic mass is 10.3. The number of hydrogen-bond donors (Lipinski definition) is 1. The molecule has 2 aromatic rings. The number of aromatic nitrogens is 2. The van der Waals surface area contributed by atoms with Crippen LogP contribution in [0.1, 0.15) is 0 Å². The first-order valence-electron chi connectivity index (χ1n) is 4.27. The lowest BCUT2D eigenvalue weighted by Gasteiger charge is -2.18. The minimum atomic E-state index is 0.983. The van der Waals surface area contributed by atoms with Gasteiger partial charge in [-0.15, -0.1) is 0 Å². The van der Waals surface area contributed by atoms with Gasteiger partial charge in [-0.3, -0.25) is 0 Å². The molecule has 0 amide bonds. The first-order valence-corrected chi connectivity index (χ1v) is 5.09. The Morgan fingerprint density at radius 1 is 1.14 bits per heavy atom. The van der Waals surface area contributed by atoms with Crippen LogP contribution in [0.15, 0.2) is 46.7 Å². The SMILES string of the molecule is c1ccc2c(c1)Nc1cncnc1S2. The predicted octanol–water partition coefficient (Wildman–Crippen LogP) is 2.68. The van der Waals surface area contributed by atoms with Gasteiger partial charge in [0, 0.05) is 4.90 Å². The average molecular weight is 201 g/mol. The van der Waals surface area contributed by atoms with E-state index in [0.29, 0.717) is 0 Å². The highest BCUT2D eigenvalue weighted by Gasteiger charge is 2.15. The lowest BCUT2D eigenvalue weighted by molar-refractivity contribution is 1.04. The molecule has 14 heavy (non-hydrogen) atoms. The molecule has 4 heteroatoms. The van der Waals surface area contributed by atoms with Crippen molar-refractivity contribution in [3.05, 3.63) is 36.8 Å². The fraction of sp³-hybridized carbons (Fsp3) is 0. The van der Waals surface area contributed by atoms with Crippen molar-refractivity contribution >= 4 is 23.1 Å². The van der Waals surface area contributed by atoms with Gasteiger partial charge in [0.25, 0.3) is 0 Å². The van der Waals surface area contributed by atoms with Gasteiger partial charge in [0.05, 0.1) is 17.6 Å². The van der Waals surface area contributed by atoms with Gasteiger partial charge in [0.1, 0.15) is 11.4 Å².